The highest BCUT2D eigenvalue weighted by molar-refractivity contribution is 5.78. The van der Waals surface area contributed by atoms with E-state index < -0.39 is 11.5 Å². The number of carbonyl (C=O) groups is 1. The van der Waals surface area contributed by atoms with Crippen LogP contribution in [-0.2, 0) is 9.53 Å². The van der Waals surface area contributed by atoms with Crippen molar-refractivity contribution in [1.29, 1.82) is 0 Å². The first kappa shape index (κ1) is 31.5. The first-order chi connectivity index (χ1) is 19.4. The van der Waals surface area contributed by atoms with Gasteiger partial charge in [0.25, 0.3) is 0 Å². The maximum Gasteiger partial charge on any atom is 0.312 e. The van der Waals surface area contributed by atoms with Crippen molar-refractivity contribution in [3.63, 3.8) is 0 Å². The van der Waals surface area contributed by atoms with E-state index in [1.807, 2.05) is 0 Å². The number of hydrogen-bond acceptors (Lipinski definition) is 5. The Labute approximate surface area is 249 Å². The molecule has 0 saturated heterocycles. The van der Waals surface area contributed by atoms with Crippen LogP contribution in [0.25, 0.3) is 0 Å². The van der Waals surface area contributed by atoms with E-state index in [9.17, 15) is 15.0 Å². The van der Waals surface area contributed by atoms with Crippen LogP contribution in [0.4, 0.5) is 0 Å². The molecule has 41 heavy (non-hydrogen) atoms. The van der Waals surface area contributed by atoms with E-state index in [0.29, 0.717) is 36.2 Å². The molecule has 234 valence electrons. The summed E-state index contributed by atoms with van der Waals surface area (Å²) < 4.78 is 6.09. The van der Waals surface area contributed by atoms with Crippen molar-refractivity contribution in [2.24, 2.45) is 56.7 Å². The quantitative estimate of drug-likeness (QED) is 0.156. The highest BCUT2D eigenvalue weighted by Gasteiger charge is 2.72. The molecule has 0 aromatic carbocycles. The highest BCUT2D eigenvalue weighted by atomic mass is 16.5. The SMILES string of the molecule is C=C(C)[C@@H]1CC[C@]2(C(=O)OCCCCCCO)CC[C@]3(C)[C@H](CC[C@@H]4[C@@]5(C)CC[C@H](O)[C@@](C)(CO)[C@@H]5CC[C@]43C)[C@@H]12. The summed E-state index contributed by atoms with van der Waals surface area (Å²) in [6.07, 6.45) is 13.6. The van der Waals surface area contributed by atoms with Gasteiger partial charge in [-0.15, -0.1) is 0 Å². The molecule has 0 heterocycles. The number of aliphatic hydroxyl groups excluding tert-OH is 3. The summed E-state index contributed by atoms with van der Waals surface area (Å²) in [6, 6.07) is 0. The van der Waals surface area contributed by atoms with Crippen LogP contribution in [0.3, 0.4) is 0 Å². The Balaban J connectivity index is 1.43. The summed E-state index contributed by atoms with van der Waals surface area (Å²) in [5.41, 5.74) is 0.863. The number of allylic oxidation sites excluding steroid dienone is 1. The number of unbranched alkanes of at least 4 members (excludes halogenated alkanes) is 3. The highest BCUT2D eigenvalue weighted by Crippen LogP contribution is 2.77. The Morgan fingerprint density at radius 3 is 2.24 bits per heavy atom. The van der Waals surface area contributed by atoms with Crippen molar-refractivity contribution in [2.75, 3.05) is 19.8 Å². The predicted octanol–water partition coefficient (Wildman–Crippen LogP) is 7.07. The van der Waals surface area contributed by atoms with Gasteiger partial charge in [-0.05, 0) is 136 Å². The van der Waals surface area contributed by atoms with Gasteiger partial charge in [-0.3, -0.25) is 4.79 Å². The Morgan fingerprint density at radius 1 is 0.829 bits per heavy atom. The molecule has 0 aromatic rings. The van der Waals surface area contributed by atoms with Crippen molar-refractivity contribution in [2.45, 2.75) is 131 Å². The first-order valence-corrected chi connectivity index (χ1v) is 17.1. The predicted molar refractivity (Wildman–Crippen MR) is 163 cm³/mol. The normalized spacial score (nSPS) is 48.9. The monoisotopic (exact) mass is 572 g/mol. The Bertz CT molecular complexity index is 994. The number of aliphatic hydroxyl groups is 3. The van der Waals surface area contributed by atoms with Gasteiger partial charge in [-0.2, -0.15) is 0 Å². The largest absolute Gasteiger partial charge is 0.465 e. The van der Waals surface area contributed by atoms with Gasteiger partial charge in [0.2, 0.25) is 0 Å². The Kier molecular flexibility index (Phi) is 8.63. The molecule has 5 saturated carbocycles. The lowest BCUT2D eigenvalue weighted by Crippen LogP contribution is -2.67. The number of esters is 1. The molecule has 11 atom stereocenters. The molecule has 0 aliphatic heterocycles. The fourth-order valence-corrected chi connectivity index (χ4v) is 12.4. The van der Waals surface area contributed by atoms with Crippen molar-refractivity contribution in [1.82, 2.24) is 0 Å². The molecule has 5 rings (SSSR count). The summed E-state index contributed by atoms with van der Waals surface area (Å²) in [5, 5.41) is 30.6. The molecule has 3 N–H and O–H groups in total. The molecule has 5 heteroatoms. The van der Waals surface area contributed by atoms with Gasteiger partial charge in [0.05, 0.1) is 24.7 Å². The van der Waals surface area contributed by atoms with E-state index in [1.54, 1.807) is 0 Å². The van der Waals surface area contributed by atoms with Gasteiger partial charge in [-0.25, -0.2) is 0 Å². The lowest BCUT2D eigenvalue weighted by atomic mass is 9.32. The second kappa shape index (κ2) is 11.2. The third-order valence-electron chi connectivity index (χ3n) is 14.9. The standard InChI is InChI=1S/C36H60O5/c1-24(2)25-13-18-36(31(40)41-22-10-8-7-9-21-37)20-19-34(5)26(30(25)36)11-12-28-32(3)16-15-29(39)33(4,23-38)27(32)14-17-35(28,34)6/h25-30,37-39H,1,7-23H2,2-6H3/t25-,26+,27+,28+,29-,30+,32-,33-,34+,35+,36-/m0/s1. The third-order valence-corrected chi connectivity index (χ3v) is 14.9. The number of fused-ring (bicyclic) bond motifs is 7. The number of rotatable bonds is 9. The molecule has 5 nitrogen and oxygen atoms in total. The summed E-state index contributed by atoms with van der Waals surface area (Å²) in [6.45, 7) is 17.2. The molecule has 0 bridgehead atoms. The van der Waals surface area contributed by atoms with Crippen LogP contribution in [0.5, 0.6) is 0 Å². The minimum Gasteiger partial charge on any atom is -0.465 e. The second-order valence-corrected chi connectivity index (χ2v) is 16.3. The van der Waals surface area contributed by atoms with Gasteiger partial charge in [0.15, 0.2) is 0 Å². The van der Waals surface area contributed by atoms with Crippen molar-refractivity contribution < 1.29 is 24.9 Å². The second-order valence-electron chi connectivity index (χ2n) is 16.3. The fourth-order valence-electron chi connectivity index (χ4n) is 12.4. The summed E-state index contributed by atoms with van der Waals surface area (Å²) in [7, 11) is 0. The zero-order valence-electron chi connectivity index (χ0n) is 26.9. The topological polar surface area (TPSA) is 87.0 Å². The third kappa shape index (κ3) is 4.52. The van der Waals surface area contributed by atoms with Crippen LogP contribution in [0.1, 0.15) is 125 Å². The minimum absolute atomic E-state index is 0.0541. The van der Waals surface area contributed by atoms with Gasteiger partial charge < -0.3 is 20.1 Å². The van der Waals surface area contributed by atoms with Crippen LogP contribution >= 0.6 is 0 Å². The average molecular weight is 573 g/mol. The molecule has 0 unspecified atom stereocenters. The summed E-state index contributed by atoms with van der Waals surface area (Å²) in [5.74, 6) is 2.13. The lowest BCUT2D eigenvalue weighted by Gasteiger charge is -2.72. The van der Waals surface area contributed by atoms with E-state index >= 15 is 0 Å². The first-order valence-electron chi connectivity index (χ1n) is 17.1. The number of hydrogen-bond donors (Lipinski definition) is 3. The van der Waals surface area contributed by atoms with Gasteiger partial charge in [0.1, 0.15) is 0 Å². The van der Waals surface area contributed by atoms with E-state index in [4.69, 9.17) is 9.84 Å². The van der Waals surface area contributed by atoms with E-state index in [-0.39, 0.29) is 40.8 Å². The van der Waals surface area contributed by atoms with Crippen molar-refractivity contribution in [3.05, 3.63) is 12.2 Å². The van der Waals surface area contributed by atoms with Crippen LogP contribution in [0, 0.1) is 56.7 Å². The minimum atomic E-state index is -0.424. The van der Waals surface area contributed by atoms with E-state index in [2.05, 4.69) is 41.2 Å². The summed E-state index contributed by atoms with van der Waals surface area (Å²) in [4.78, 5) is 14.0. The molecular formula is C36H60O5. The summed E-state index contributed by atoms with van der Waals surface area (Å²) >= 11 is 0. The van der Waals surface area contributed by atoms with Gasteiger partial charge in [-0.1, -0.05) is 46.3 Å². The van der Waals surface area contributed by atoms with Crippen molar-refractivity contribution >= 4 is 5.97 Å². The molecular weight excluding hydrogens is 512 g/mol. The fraction of sp³-hybridized carbons (Fsp3) is 0.917. The van der Waals surface area contributed by atoms with Crippen LogP contribution < -0.4 is 0 Å². The van der Waals surface area contributed by atoms with E-state index in [0.717, 1.165) is 83.5 Å². The molecule has 5 fully saturated rings. The maximum atomic E-state index is 14.0. The van der Waals surface area contributed by atoms with Gasteiger partial charge >= 0.3 is 5.97 Å². The average Bonchev–Trinajstić information content (AvgIpc) is 3.34. The zero-order valence-corrected chi connectivity index (χ0v) is 26.9. The molecule has 5 aliphatic carbocycles. The Hall–Kier alpha value is -0.910. The Morgan fingerprint density at radius 2 is 1.56 bits per heavy atom. The van der Waals surface area contributed by atoms with Crippen LogP contribution in [0.2, 0.25) is 0 Å². The molecule has 5 aliphatic rings. The molecule has 0 radical (unpaired) electrons. The smallest absolute Gasteiger partial charge is 0.312 e. The van der Waals surface area contributed by atoms with Crippen LogP contribution in [-0.4, -0.2) is 47.2 Å². The van der Waals surface area contributed by atoms with E-state index in [1.165, 1.54) is 12.0 Å². The molecule has 0 spiro atoms. The lowest BCUT2D eigenvalue weighted by molar-refractivity contribution is -0.254. The number of carbonyl (C=O) groups excluding carboxylic acids is 1. The molecule has 0 amide bonds. The number of ether oxygens (including phenoxy) is 1. The maximum absolute atomic E-state index is 14.0. The zero-order chi connectivity index (χ0) is 29.8. The van der Waals surface area contributed by atoms with Crippen molar-refractivity contribution in [3.8, 4) is 0 Å². The molecule has 0 aromatic heterocycles. The van der Waals surface area contributed by atoms with Crippen LogP contribution in [0.15, 0.2) is 12.2 Å². The van der Waals surface area contributed by atoms with Gasteiger partial charge in [0, 0.05) is 12.0 Å².